The van der Waals surface area contributed by atoms with Gasteiger partial charge < -0.3 is 4.90 Å². The summed E-state index contributed by atoms with van der Waals surface area (Å²) in [6.45, 7) is 5.29. The third-order valence-corrected chi connectivity index (χ3v) is 8.40. The number of piperazine rings is 1. The molecule has 32 heavy (non-hydrogen) atoms. The molecule has 4 rings (SSSR count). The number of sulfonamides is 1. The number of rotatable bonds is 4. The van der Waals surface area contributed by atoms with Gasteiger partial charge in [0.1, 0.15) is 0 Å². The number of halogens is 3. The van der Waals surface area contributed by atoms with E-state index in [4.69, 9.17) is 4.98 Å². The molecule has 1 fully saturated rings. The van der Waals surface area contributed by atoms with Gasteiger partial charge in [0.05, 0.1) is 16.2 Å². The van der Waals surface area contributed by atoms with E-state index >= 15 is 0 Å². The van der Waals surface area contributed by atoms with Gasteiger partial charge in [-0.3, -0.25) is 0 Å². The fraction of sp³-hybridized carbons (Fsp3) is 0.318. The Kier molecular flexibility index (Phi) is 6.04. The minimum Gasteiger partial charge on any atom is -0.345 e. The SMILES string of the molecule is Cc1ccc(-c2csc(N3CCN(S(=O)(=O)c4cccc(C(F)(F)F)c4)CC3)n2)cc1C. The lowest BCUT2D eigenvalue weighted by molar-refractivity contribution is -0.137. The van der Waals surface area contributed by atoms with Gasteiger partial charge in [0.2, 0.25) is 10.0 Å². The zero-order valence-electron chi connectivity index (χ0n) is 17.6. The Balaban J connectivity index is 1.46. The van der Waals surface area contributed by atoms with E-state index in [1.54, 1.807) is 0 Å². The number of alkyl halides is 3. The first-order valence-corrected chi connectivity index (χ1v) is 12.3. The highest BCUT2D eigenvalue weighted by Crippen LogP contribution is 2.32. The minimum atomic E-state index is -4.59. The molecule has 10 heteroatoms. The Morgan fingerprint density at radius 1 is 0.969 bits per heavy atom. The molecule has 1 saturated heterocycles. The summed E-state index contributed by atoms with van der Waals surface area (Å²) in [6, 6.07) is 10.1. The number of hydrogen-bond acceptors (Lipinski definition) is 5. The fourth-order valence-corrected chi connectivity index (χ4v) is 5.90. The first-order chi connectivity index (χ1) is 15.1. The van der Waals surface area contributed by atoms with Gasteiger partial charge in [-0.1, -0.05) is 18.2 Å². The Morgan fingerprint density at radius 2 is 1.69 bits per heavy atom. The number of hydrogen-bond donors (Lipinski definition) is 0. The van der Waals surface area contributed by atoms with Crippen LogP contribution < -0.4 is 4.90 Å². The van der Waals surface area contributed by atoms with E-state index in [0.717, 1.165) is 28.5 Å². The van der Waals surface area contributed by atoms with Crippen molar-refractivity contribution >= 4 is 26.5 Å². The number of thiazole rings is 1. The average Bonchev–Trinajstić information content (AvgIpc) is 3.25. The quantitative estimate of drug-likeness (QED) is 0.529. The van der Waals surface area contributed by atoms with Crippen LogP contribution in [0.3, 0.4) is 0 Å². The molecule has 0 atom stereocenters. The van der Waals surface area contributed by atoms with Gasteiger partial charge in [-0.05, 0) is 49.2 Å². The molecule has 0 bridgehead atoms. The molecule has 0 radical (unpaired) electrons. The molecule has 5 nitrogen and oxygen atoms in total. The molecule has 170 valence electrons. The van der Waals surface area contributed by atoms with E-state index in [2.05, 4.69) is 26.0 Å². The van der Waals surface area contributed by atoms with Crippen LogP contribution in [0.15, 0.2) is 52.7 Å². The molecule has 0 unspecified atom stereocenters. The van der Waals surface area contributed by atoms with Crippen molar-refractivity contribution < 1.29 is 21.6 Å². The topological polar surface area (TPSA) is 53.5 Å². The van der Waals surface area contributed by atoms with Crippen LogP contribution in [-0.2, 0) is 16.2 Å². The second-order valence-corrected chi connectivity index (χ2v) is 10.5. The number of anilines is 1. The smallest absolute Gasteiger partial charge is 0.345 e. The predicted octanol–water partition coefficient (Wildman–Crippen LogP) is 4.96. The van der Waals surface area contributed by atoms with Crippen LogP contribution in [-0.4, -0.2) is 43.9 Å². The van der Waals surface area contributed by atoms with Gasteiger partial charge in [0, 0.05) is 37.1 Å². The largest absolute Gasteiger partial charge is 0.416 e. The summed E-state index contributed by atoms with van der Waals surface area (Å²) in [5, 5.41) is 2.78. The number of nitrogens with zero attached hydrogens (tertiary/aromatic N) is 3. The Labute approximate surface area is 189 Å². The molecule has 0 spiro atoms. The van der Waals surface area contributed by atoms with Gasteiger partial charge in [-0.2, -0.15) is 17.5 Å². The second kappa shape index (κ2) is 8.49. The third kappa shape index (κ3) is 4.53. The van der Waals surface area contributed by atoms with Crippen molar-refractivity contribution in [2.24, 2.45) is 0 Å². The van der Waals surface area contributed by atoms with Crippen molar-refractivity contribution in [3.63, 3.8) is 0 Å². The lowest BCUT2D eigenvalue weighted by atomic mass is 10.1. The summed E-state index contributed by atoms with van der Waals surface area (Å²) >= 11 is 1.49. The monoisotopic (exact) mass is 481 g/mol. The highest BCUT2D eigenvalue weighted by molar-refractivity contribution is 7.89. The lowest BCUT2D eigenvalue weighted by Gasteiger charge is -2.33. The first-order valence-electron chi connectivity index (χ1n) is 10.0. The molecule has 0 saturated carbocycles. The molecule has 0 aliphatic carbocycles. The van der Waals surface area contributed by atoms with E-state index < -0.39 is 21.8 Å². The second-order valence-electron chi connectivity index (χ2n) is 7.73. The van der Waals surface area contributed by atoms with Gasteiger partial charge in [0.25, 0.3) is 0 Å². The summed E-state index contributed by atoms with van der Waals surface area (Å²) < 4.78 is 66.0. The maximum atomic E-state index is 13.0. The maximum Gasteiger partial charge on any atom is 0.416 e. The first kappa shape index (κ1) is 22.8. The minimum absolute atomic E-state index is 0.178. The Hall–Kier alpha value is -2.43. The van der Waals surface area contributed by atoms with Crippen LogP contribution in [0.4, 0.5) is 18.3 Å². The van der Waals surface area contributed by atoms with E-state index in [1.165, 1.54) is 32.8 Å². The summed E-state index contributed by atoms with van der Waals surface area (Å²) in [5.41, 5.74) is 3.32. The zero-order valence-corrected chi connectivity index (χ0v) is 19.2. The van der Waals surface area contributed by atoms with E-state index in [-0.39, 0.29) is 18.0 Å². The van der Waals surface area contributed by atoms with Crippen LogP contribution in [0.1, 0.15) is 16.7 Å². The molecule has 1 aliphatic rings. The third-order valence-electron chi connectivity index (χ3n) is 5.60. The summed E-state index contributed by atoms with van der Waals surface area (Å²) in [4.78, 5) is 6.38. The van der Waals surface area contributed by atoms with Crippen molar-refractivity contribution in [3.8, 4) is 11.3 Å². The maximum absolute atomic E-state index is 13.0. The number of benzene rings is 2. The molecule has 1 aromatic heterocycles. The van der Waals surface area contributed by atoms with Crippen molar-refractivity contribution in [1.29, 1.82) is 0 Å². The highest BCUT2D eigenvalue weighted by Gasteiger charge is 2.34. The zero-order chi connectivity index (χ0) is 23.1. The molecule has 0 amide bonds. The van der Waals surface area contributed by atoms with Gasteiger partial charge in [-0.15, -0.1) is 11.3 Å². The van der Waals surface area contributed by atoms with Crippen LogP contribution in [0, 0.1) is 13.8 Å². The van der Waals surface area contributed by atoms with Gasteiger partial charge in [-0.25, -0.2) is 13.4 Å². The van der Waals surface area contributed by atoms with Gasteiger partial charge in [0.15, 0.2) is 5.13 Å². The molecular weight excluding hydrogens is 459 g/mol. The van der Waals surface area contributed by atoms with Crippen molar-refractivity contribution in [2.75, 3.05) is 31.1 Å². The predicted molar refractivity (Wildman–Crippen MR) is 119 cm³/mol. The normalized spacial score (nSPS) is 15.8. The summed E-state index contributed by atoms with van der Waals surface area (Å²) in [7, 11) is -4.01. The van der Waals surface area contributed by atoms with Crippen LogP contribution >= 0.6 is 11.3 Å². The number of aryl methyl sites for hydroxylation is 2. The Morgan fingerprint density at radius 3 is 2.34 bits per heavy atom. The number of aromatic nitrogens is 1. The molecule has 1 aliphatic heterocycles. The highest BCUT2D eigenvalue weighted by atomic mass is 32.2. The lowest BCUT2D eigenvalue weighted by Crippen LogP contribution is -2.48. The molecule has 2 heterocycles. The van der Waals surface area contributed by atoms with Crippen LogP contribution in [0.5, 0.6) is 0 Å². The van der Waals surface area contributed by atoms with Crippen molar-refractivity contribution in [1.82, 2.24) is 9.29 Å². The van der Waals surface area contributed by atoms with Crippen molar-refractivity contribution in [2.45, 2.75) is 24.9 Å². The van der Waals surface area contributed by atoms with E-state index in [1.807, 2.05) is 16.3 Å². The molecular formula is C22H22F3N3O2S2. The average molecular weight is 482 g/mol. The molecule has 2 aromatic carbocycles. The summed E-state index contributed by atoms with van der Waals surface area (Å²) in [6.07, 6.45) is -4.59. The van der Waals surface area contributed by atoms with Crippen LogP contribution in [0.2, 0.25) is 0 Å². The van der Waals surface area contributed by atoms with Gasteiger partial charge >= 0.3 is 6.18 Å². The molecule has 3 aromatic rings. The summed E-state index contributed by atoms with van der Waals surface area (Å²) in [5.74, 6) is 0. The van der Waals surface area contributed by atoms with E-state index in [0.29, 0.717) is 19.2 Å². The Bertz CT molecular complexity index is 1230. The standard InChI is InChI=1S/C22H22F3N3O2S2/c1-15-6-7-17(12-16(15)2)20-14-31-21(26-20)27-8-10-28(11-9-27)32(29,30)19-5-3-4-18(13-19)22(23,24)25/h3-7,12-14H,8-11H2,1-2H3. The van der Waals surface area contributed by atoms with Crippen molar-refractivity contribution in [3.05, 3.63) is 64.5 Å². The van der Waals surface area contributed by atoms with Crippen LogP contribution in [0.25, 0.3) is 11.3 Å². The van der Waals surface area contributed by atoms with E-state index in [9.17, 15) is 21.6 Å². The molecule has 0 N–H and O–H groups in total. The fourth-order valence-electron chi connectivity index (χ4n) is 3.54.